The number of anilines is 1. The molecule has 1 saturated heterocycles. The SMILES string of the molecule is CCCc1cnc(N2CCN(C(C)CCOc3ccc(C(=O)NC[C@@H](O)CO)c(F)c3)CC2)nc1.O=C(O)C(=O)O. The number of amides is 1. The zero-order valence-corrected chi connectivity index (χ0v) is 23.2. The Kier molecular flexibility index (Phi) is 13.9. The van der Waals surface area contributed by atoms with E-state index in [1.54, 1.807) is 6.07 Å². The number of hydrogen-bond acceptors (Lipinski definition) is 10. The average Bonchev–Trinajstić information content (AvgIpc) is 2.96. The van der Waals surface area contributed by atoms with Crippen LogP contribution >= 0.6 is 0 Å². The second-order valence-corrected chi connectivity index (χ2v) is 9.45. The second-order valence-electron chi connectivity index (χ2n) is 9.45. The first-order valence-corrected chi connectivity index (χ1v) is 13.3. The van der Waals surface area contributed by atoms with Crippen LogP contribution in [0, 0.1) is 5.82 Å². The molecule has 2 aromatic rings. The molecule has 0 spiro atoms. The minimum Gasteiger partial charge on any atom is -0.493 e. The average molecular weight is 580 g/mol. The maximum atomic E-state index is 14.3. The first-order valence-electron chi connectivity index (χ1n) is 13.3. The summed E-state index contributed by atoms with van der Waals surface area (Å²) in [5, 5.41) is 35.3. The first-order chi connectivity index (χ1) is 19.5. The molecule has 1 aromatic heterocycles. The van der Waals surface area contributed by atoms with Crippen LogP contribution in [0.5, 0.6) is 5.75 Å². The molecular formula is C27H38FN5O8. The van der Waals surface area contributed by atoms with E-state index in [2.05, 4.69) is 38.9 Å². The number of aliphatic hydroxyl groups is 2. The number of carbonyl (C=O) groups is 3. The highest BCUT2D eigenvalue weighted by Gasteiger charge is 2.22. The van der Waals surface area contributed by atoms with Crippen LogP contribution in [0.3, 0.4) is 0 Å². The Bertz CT molecular complexity index is 1120. The van der Waals surface area contributed by atoms with E-state index in [0.29, 0.717) is 18.4 Å². The largest absolute Gasteiger partial charge is 0.493 e. The number of aryl methyl sites for hydroxylation is 1. The summed E-state index contributed by atoms with van der Waals surface area (Å²) in [4.78, 5) is 43.9. The van der Waals surface area contributed by atoms with Crippen molar-refractivity contribution in [3.8, 4) is 5.75 Å². The molecule has 226 valence electrons. The molecule has 1 aliphatic heterocycles. The van der Waals surface area contributed by atoms with E-state index >= 15 is 0 Å². The molecule has 1 aliphatic rings. The predicted molar refractivity (Wildman–Crippen MR) is 146 cm³/mol. The van der Waals surface area contributed by atoms with Crippen molar-refractivity contribution >= 4 is 23.8 Å². The molecule has 2 atom stereocenters. The van der Waals surface area contributed by atoms with E-state index in [9.17, 15) is 14.3 Å². The molecule has 1 fully saturated rings. The van der Waals surface area contributed by atoms with Crippen molar-refractivity contribution in [3.05, 3.63) is 47.5 Å². The van der Waals surface area contributed by atoms with Gasteiger partial charge in [0.05, 0.1) is 24.9 Å². The Balaban J connectivity index is 0.000000883. The van der Waals surface area contributed by atoms with Gasteiger partial charge in [0.25, 0.3) is 5.91 Å². The summed E-state index contributed by atoms with van der Waals surface area (Å²) in [6, 6.07) is 4.39. The number of aliphatic carboxylic acids is 2. The van der Waals surface area contributed by atoms with Gasteiger partial charge >= 0.3 is 11.9 Å². The molecule has 2 heterocycles. The van der Waals surface area contributed by atoms with Crippen molar-refractivity contribution < 1.29 is 43.9 Å². The Morgan fingerprint density at radius 2 is 1.73 bits per heavy atom. The maximum absolute atomic E-state index is 14.3. The van der Waals surface area contributed by atoms with E-state index in [4.69, 9.17) is 29.6 Å². The summed E-state index contributed by atoms with van der Waals surface area (Å²) in [6.07, 6.45) is 5.61. The molecule has 0 radical (unpaired) electrons. The zero-order valence-electron chi connectivity index (χ0n) is 23.2. The molecule has 5 N–H and O–H groups in total. The van der Waals surface area contributed by atoms with Gasteiger partial charge in [-0.1, -0.05) is 13.3 Å². The lowest BCUT2D eigenvalue weighted by molar-refractivity contribution is -0.159. The molecule has 1 unspecified atom stereocenters. The lowest BCUT2D eigenvalue weighted by Gasteiger charge is -2.38. The van der Waals surface area contributed by atoms with Crippen LogP contribution in [0.15, 0.2) is 30.6 Å². The highest BCUT2D eigenvalue weighted by atomic mass is 19.1. The Morgan fingerprint density at radius 3 is 2.27 bits per heavy atom. The van der Waals surface area contributed by atoms with E-state index in [0.717, 1.165) is 51.4 Å². The van der Waals surface area contributed by atoms with Gasteiger partial charge in [0.15, 0.2) is 0 Å². The number of hydrogen-bond donors (Lipinski definition) is 5. The number of nitrogens with zero attached hydrogens (tertiary/aromatic N) is 4. The third-order valence-electron chi connectivity index (χ3n) is 6.33. The summed E-state index contributed by atoms with van der Waals surface area (Å²) in [5.41, 5.74) is 1.02. The number of aliphatic hydroxyl groups excluding tert-OH is 2. The number of carbonyl (C=O) groups excluding carboxylic acids is 1. The van der Waals surface area contributed by atoms with E-state index in [-0.39, 0.29) is 12.1 Å². The van der Waals surface area contributed by atoms with Crippen LogP contribution in [0.25, 0.3) is 0 Å². The summed E-state index contributed by atoms with van der Waals surface area (Å²) < 4.78 is 20.1. The molecular weight excluding hydrogens is 541 g/mol. The monoisotopic (exact) mass is 579 g/mol. The topological polar surface area (TPSA) is 186 Å². The third-order valence-corrected chi connectivity index (χ3v) is 6.33. The van der Waals surface area contributed by atoms with Crippen LogP contribution in [-0.2, 0) is 16.0 Å². The molecule has 0 bridgehead atoms. The number of carboxylic acids is 2. The van der Waals surface area contributed by atoms with Gasteiger partial charge in [0, 0.05) is 57.2 Å². The summed E-state index contributed by atoms with van der Waals surface area (Å²) in [5.74, 6) is -3.87. The zero-order chi connectivity index (χ0) is 30.4. The van der Waals surface area contributed by atoms with Crippen molar-refractivity contribution in [1.29, 1.82) is 0 Å². The number of rotatable bonds is 12. The first kappa shape index (κ1) is 33.3. The predicted octanol–water partition coefficient (Wildman–Crippen LogP) is 0.786. The highest BCUT2D eigenvalue weighted by molar-refractivity contribution is 6.27. The molecule has 13 nitrogen and oxygen atoms in total. The van der Waals surface area contributed by atoms with Gasteiger partial charge < -0.3 is 35.4 Å². The summed E-state index contributed by atoms with van der Waals surface area (Å²) in [7, 11) is 0. The minimum absolute atomic E-state index is 0.141. The van der Waals surface area contributed by atoms with E-state index in [1.165, 1.54) is 17.7 Å². The van der Waals surface area contributed by atoms with Crippen LogP contribution in [0.4, 0.5) is 10.3 Å². The molecule has 0 aliphatic carbocycles. The molecule has 14 heteroatoms. The quantitative estimate of drug-likeness (QED) is 0.223. The third kappa shape index (κ3) is 11.3. The van der Waals surface area contributed by atoms with Crippen molar-refractivity contribution in [2.45, 2.75) is 45.3 Å². The number of halogens is 1. The van der Waals surface area contributed by atoms with Crippen molar-refractivity contribution in [3.63, 3.8) is 0 Å². The van der Waals surface area contributed by atoms with Crippen molar-refractivity contribution in [2.24, 2.45) is 0 Å². The Hall–Kier alpha value is -3.88. The van der Waals surface area contributed by atoms with Crippen LogP contribution in [0.1, 0.15) is 42.6 Å². The van der Waals surface area contributed by atoms with Gasteiger partial charge in [-0.05, 0) is 37.5 Å². The summed E-state index contributed by atoms with van der Waals surface area (Å²) in [6.45, 7) is 7.63. The number of carboxylic acid groups (broad SMARTS) is 2. The van der Waals surface area contributed by atoms with Gasteiger partial charge in [0.2, 0.25) is 5.95 Å². The molecule has 1 amide bonds. The fourth-order valence-electron chi connectivity index (χ4n) is 3.96. The second kappa shape index (κ2) is 17.0. The number of piperazine rings is 1. The fourth-order valence-corrected chi connectivity index (χ4v) is 3.96. The van der Waals surface area contributed by atoms with Crippen LogP contribution in [-0.4, -0.2) is 111 Å². The van der Waals surface area contributed by atoms with Crippen LogP contribution in [0.2, 0.25) is 0 Å². The number of aromatic nitrogens is 2. The molecule has 3 rings (SSSR count). The number of nitrogens with one attached hydrogen (secondary N) is 1. The summed E-state index contributed by atoms with van der Waals surface area (Å²) >= 11 is 0. The molecule has 1 aromatic carbocycles. The van der Waals surface area contributed by atoms with E-state index in [1.807, 2.05) is 12.4 Å². The van der Waals surface area contributed by atoms with Gasteiger partial charge in [-0.15, -0.1) is 0 Å². The van der Waals surface area contributed by atoms with E-state index < -0.39 is 36.4 Å². The smallest absolute Gasteiger partial charge is 0.414 e. The van der Waals surface area contributed by atoms with Gasteiger partial charge in [-0.25, -0.2) is 23.9 Å². The number of benzene rings is 1. The van der Waals surface area contributed by atoms with Crippen molar-refractivity contribution in [1.82, 2.24) is 20.2 Å². The minimum atomic E-state index is -1.82. The van der Waals surface area contributed by atoms with Gasteiger partial charge in [-0.2, -0.15) is 0 Å². The van der Waals surface area contributed by atoms with Gasteiger partial charge in [-0.3, -0.25) is 9.69 Å². The molecule has 0 saturated carbocycles. The fraction of sp³-hybridized carbons (Fsp3) is 0.519. The standard InChI is InChI=1S/C25H36FN5O4.C2H2O4/c1-3-4-19-14-28-25(29-15-19)31-10-8-30(9-11-31)18(2)7-12-35-21-5-6-22(23(26)13-21)24(34)27-16-20(33)17-32;3-1(4)2(5)6/h5-6,13-15,18,20,32-33H,3-4,7-12,16-17H2,1-2H3,(H,27,34);(H,3,4)(H,5,6)/t18?,20-;/m1./s1. The van der Waals surface area contributed by atoms with Gasteiger partial charge in [0.1, 0.15) is 11.6 Å². The lowest BCUT2D eigenvalue weighted by atomic mass is 10.1. The molecule has 41 heavy (non-hydrogen) atoms. The number of ether oxygens (including phenoxy) is 1. The van der Waals surface area contributed by atoms with Crippen molar-refractivity contribution in [2.75, 3.05) is 50.8 Å². The maximum Gasteiger partial charge on any atom is 0.414 e. The Morgan fingerprint density at radius 1 is 1.10 bits per heavy atom. The highest BCUT2D eigenvalue weighted by Crippen LogP contribution is 2.18. The normalized spacial score (nSPS) is 14.8. The van der Waals surface area contributed by atoms with Crippen LogP contribution < -0.4 is 15.0 Å². The lowest BCUT2D eigenvalue weighted by Crippen LogP contribution is -2.50. The Labute approximate surface area is 237 Å².